The predicted molar refractivity (Wildman–Crippen MR) is 120 cm³/mol. The van der Waals surface area contributed by atoms with Crippen molar-refractivity contribution >= 4 is 27.5 Å². The van der Waals surface area contributed by atoms with Crippen molar-refractivity contribution in [3.8, 4) is 11.8 Å². The zero-order chi connectivity index (χ0) is 21.3. The Morgan fingerprint density at radius 1 is 1.10 bits per heavy atom. The summed E-state index contributed by atoms with van der Waals surface area (Å²) in [6.45, 7) is 8.64. The highest BCUT2D eigenvalue weighted by Crippen LogP contribution is 2.30. The van der Waals surface area contributed by atoms with Gasteiger partial charge in [0.25, 0.3) is 5.56 Å². The van der Waals surface area contributed by atoms with E-state index in [1.54, 1.807) is 24.8 Å². The summed E-state index contributed by atoms with van der Waals surface area (Å²) in [6.07, 6.45) is 6.72. The lowest BCUT2D eigenvalue weighted by molar-refractivity contribution is 0.359. The normalized spacial score (nSPS) is 12.4. The number of nitrogens with one attached hydrogen (secondary N) is 2. The summed E-state index contributed by atoms with van der Waals surface area (Å²) in [7, 11) is 0. The lowest BCUT2D eigenvalue weighted by atomic mass is 9.88. The quantitative estimate of drug-likeness (QED) is 0.393. The molecule has 0 aromatic carbocycles. The minimum atomic E-state index is -0.214. The van der Waals surface area contributed by atoms with E-state index in [1.165, 1.54) is 0 Å². The maximum absolute atomic E-state index is 12.7. The van der Waals surface area contributed by atoms with Gasteiger partial charge in [0.05, 0.1) is 16.5 Å². The molecule has 1 unspecified atom stereocenters. The van der Waals surface area contributed by atoms with Gasteiger partial charge >= 0.3 is 0 Å². The second-order valence-corrected chi connectivity index (χ2v) is 8.33. The van der Waals surface area contributed by atoms with Crippen LogP contribution in [-0.4, -0.2) is 26.0 Å². The van der Waals surface area contributed by atoms with Gasteiger partial charge in [0.1, 0.15) is 11.5 Å². The van der Waals surface area contributed by atoms with E-state index in [4.69, 9.17) is 4.98 Å². The summed E-state index contributed by atoms with van der Waals surface area (Å²) in [5.74, 6) is 6.88. The number of pyridine rings is 4. The lowest BCUT2D eigenvalue weighted by Crippen LogP contribution is -2.31. The zero-order valence-electron chi connectivity index (χ0n) is 17.4. The summed E-state index contributed by atoms with van der Waals surface area (Å²) in [6, 6.07) is 7.60. The summed E-state index contributed by atoms with van der Waals surface area (Å²) in [4.78, 5) is 28.8. The number of rotatable bonds is 2. The van der Waals surface area contributed by atoms with E-state index in [9.17, 15) is 4.79 Å². The Labute approximate surface area is 174 Å². The van der Waals surface area contributed by atoms with Crippen LogP contribution < -0.4 is 10.9 Å². The first-order chi connectivity index (χ1) is 14.3. The van der Waals surface area contributed by atoms with Gasteiger partial charge in [-0.25, -0.2) is 9.97 Å². The molecular formula is C24H23N5O. The van der Waals surface area contributed by atoms with Crippen LogP contribution in [0.5, 0.6) is 0 Å². The molecule has 2 N–H and O–H groups in total. The van der Waals surface area contributed by atoms with Crippen molar-refractivity contribution in [3.05, 3.63) is 70.7 Å². The van der Waals surface area contributed by atoms with Crippen molar-refractivity contribution in [2.45, 2.75) is 33.7 Å². The topological polar surface area (TPSA) is 83.6 Å². The number of aromatic nitrogens is 4. The Morgan fingerprint density at radius 3 is 2.67 bits per heavy atom. The molecule has 0 aliphatic carbocycles. The van der Waals surface area contributed by atoms with Crippen LogP contribution in [0.15, 0.2) is 53.8 Å². The van der Waals surface area contributed by atoms with Gasteiger partial charge in [-0.1, -0.05) is 32.8 Å². The Hall–Kier alpha value is -3.72. The van der Waals surface area contributed by atoms with Gasteiger partial charge in [-0.2, -0.15) is 0 Å². The van der Waals surface area contributed by atoms with Crippen LogP contribution in [0.2, 0.25) is 0 Å². The highest BCUT2D eigenvalue weighted by molar-refractivity contribution is 6.10. The van der Waals surface area contributed by atoms with Crippen LogP contribution >= 0.6 is 0 Å². The molecule has 1 atom stereocenters. The van der Waals surface area contributed by atoms with E-state index in [1.807, 2.05) is 24.3 Å². The first kappa shape index (κ1) is 19.6. The predicted octanol–water partition coefficient (Wildman–Crippen LogP) is 4.11. The summed E-state index contributed by atoms with van der Waals surface area (Å²) < 4.78 is 0. The van der Waals surface area contributed by atoms with E-state index in [0.29, 0.717) is 28.0 Å². The molecular weight excluding hydrogens is 374 g/mol. The standard InChI is InChI=1S/C24H23N5O/c1-15(24(2,3)4)28-22-18-10-12-25-14-19(18)20-21(29-22)16(13-27-23(20)30)8-9-17-7-5-6-11-26-17/h5-7,10-15H,1-4H3,(H,27,30)(H,28,29). The van der Waals surface area contributed by atoms with Crippen molar-refractivity contribution < 1.29 is 0 Å². The molecule has 0 amide bonds. The molecule has 150 valence electrons. The van der Waals surface area contributed by atoms with Gasteiger partial charge in [0.2, 0.25) is 0 Å². The van der Waals surface area contributed by atoms with Gasteiger partial charge in [-0.3, -0.25) is 9.78 Å². The van der Waals surface area contributed by atoms with Crippen LogP contribution in [0.1, 0.15) is 39.0 Å². The SMILES string of the molecule is CC(Nc1nc2c(C#Cc3ccccn3)c[nH]c(=O)c2c2cnccc12)C(C)(C)C. The average Bonchev–Trinajstić information content (AvgIpc) is 2.73. The number of nitrogens with zero attached hydrogens (tertiary/aromatic N) is 3. The number of fused-ring (bicyclic) bond motifs is 3. The van der Waals surface area contributed by atoms with E-state index >= 15 is 0 Å². The molecule has 6 nitrogen and oxygen atoms in total. The van der Waals surface area contributed by atoms with Crippen molar-refractivity contribution in [1.29, 1.82) is 0 Å². The third-order valence-electron chi connectivity index (χ3n) is 5.28. The molecule has 4 heterocycles. The van der Waals surface area contributed by atoms with Crippen LogP contribution in [0.3, 0.4) is 0 Å². The molecule has 4 aromatic heterocycles. The second-order valence-electron chi connectivity index (χ2n) is 8.33. The van der Waals surface area contributed by atoms with Gasteiger partial charge in [0, 0.05) is 41.6 Å². The maximum Gasteiger partial charge on any atom is 0.258 e. The van der Waals surface area contributed by atoms with Crippen molar-refractivity contribution in [1.82, 2.24) is 19.9 Å². The van der Waals surface area contributed by atoms with Crippen molar-refractivity contribution in [3.63, 3.8) is 0 Å². The maximum atomic E-state index is 12.7. The minimum absolute atomic E-state index is 0.0335. The molecule has 4 rings (SSSR count). The van der Waals surface area contributed by atoms with Gasteiger partial charge in [-0.05, 0) is 36.5 Å². The fraction of sp³-hybridized carbons (Fsp3) is 0.250. The first-order valence-corrected chi connectivity index (χ1v) is 9.83. The first-order valence-electron chi connectivity index (χ1n) is 9.83. The lowest BCUT2D eigenvalue weighted by Gasteiger charge is -2.29. The number of hydrogen-bond donors (Lipinski definition) is 2. The summed E-state index contributed by atoms with van der Waals surface area (Å²) in [5, 5.41) is 5.61. The molecule has 4 aromatic rings. The van der Waals surface area contributed by atoms with Gasteiger partial charge in [0.15, 0.2) is 0 Å². The van der Waals surface area contributed by atoms with Crippen LogP contribution in [0.4, 0.5) is 5.82 Å². The average molecular weight is 397 g/mol. The van der Waals surface area contributed by atoms with E-state index < -0.39 is 0 Å². The zero-order valence-corrected chi connectivity index (χ0v) is 17.4. The third-order valence-corrected chi connectivity index (χ3v) is 5.28. The molecule has 0 saturated carbocycles. The molecule has 0 spiro atoms. The molecule has 6 heteroatoms. The van der Waals surface area contributed by atoms with E-state index in [-0.39, 0.29) is 17.0 Å². The monoisotopic (exact) mass is 397 g/mol. The molecule has 0 aliphatic heterocycles. The molecule has 0 fully saturated rings. The number of H-pyrrole nitrogens is 1. The molecule has 0 aliphatic rings. The smallest absolute Gasteiger partial charge is 0.258 e. The van der Waals surface area contributed by atoms with Gasteiger partial charge < -0.3 is 10.3 Å². The Kier molecular flexibility index (Phi) is 4.96. The van der Waals surface area contributed by atoms with Gasteiger partial charge in [-0.15, -0.1) is 0 Å². The molecule has 0 saturated heterocycles. The van der Waals surface area contributed by atoms with E-state index in [0.717, 1.165) is 10.8 Å². The molecule has 0 bridgehead atoms. The Balaban J connectivity index is 1.97. The Bertz CT molecular complexity index is 1340. The van der Waals surface area contributed by atoms with Crippen LogP contribution in [0.25, 0.3) is 21.7 Å². The second kappa shape index (κ2) is 7.60. The minimum Gasteiger partial charge on any atom is -0.367 e. The third kappa shape index (κ3) is 3.74. The summed E-state index contributed by atoms with van der Waals surface area (Å²) in [5.41, 5.74) is 1.65. The number of hydrogen-bond acceptors (Lipinski definition) is 5. The Morgan fingerprint density at radius 2 is 1.93 bits per heavy atom. The highest BCUT2D eigenvalue weighted by atomic mass is 16.1. The molecule has 30 heavy (non-hydrogen) atoms. The fourth-order valence-corrected chi connectivity index (χ4v) is 3.05. The number of anilines is 1. The van der Waals surface area contributed by atoms with E-state index in [2.05, 4.69) is 59.8 Å². The van der Waals surface area contributed by atoms with Crippen molar-refractivity contribution in [2.24, 2.45) is 5.41 Å². The van der Waals surface area contributed by atoms with Crippen molar-refractivity contribution in [2.75, 3.05) is 5.32 Å². The van der Waals surface area contributed by atoms with Crippen LogP contribution in [-0.2, 0) is 0 Å². The van der Waals surface area contributed by atoms with Crippen LogP contribution in [0, 0.1) is 17.3 Å². The largest absolute Gasteiger partial charge is 0.367 e. The summed E-state index contributed by atoms with van der Waals surface area (Å²) >= 11 is 0. The highest BCUT2D eigenvalue weighted by Gasteiger charge is 2.22. The molecule has 0 radical (unpaired) electrons. The fourth-order valence-electron chi connectivity index (χ4n) is 3.05. The number of aromatic amines is 1.